The van der Waals surface area contributed by atoms with Gasteiger partial charge in [0.1, 0.15) is 5.82 Å². The molecular weight excluding hydrogens is 251 g/mol. The van der Waals surface area contributed by atoms with Crippen LogP contribution in [0, 0.1) is 0 Å². The van der Waals surface area contributed by atoms with Crippen molar-refractivity contribution in [3.05, 3.63) is 11.8 Å². The van der Waals surface area contributed by atoms with Crippen LogP contribution in [0.1, 0.15) is 18.5 Å². The lowest BCUT2D eigenvalue weighted by molar-refractivity contribution is -0.141. The summed E-state index contributed by atoms with van der Waals surface area (Å²) >= 11 is 0. The van der Waals surface area contributed by atoms with Crippen LogP contribution in [0.4, 0.5) is 24.9 Å². The molecule has 0 spiro atoms. The Morgan fingerprint density at radius 1 is 1.39 bits per heavy atom. The van der Waals surface area contributed by atoms with Gasteiger partial charge in [0.25, 0.3) is 0 Å². The zero-order valence-electron chi connectivity index (χ0n) is 9.25. The van der Waals surface area contributed by atoms with Gasteiger partial charge in [-0.3, -0.25) is 5.43 Å². The minimum Gasteiger partial charge on any atom is -0.394 e. The SMILES string of the molecule is NNc1nc(NC2(CO)CC2)cc(C(F)(F)F)n1. The molecule has 0 saturated heterocycles. The van der Waals surface area contributed by atoms with Crippen LogP contribution in [0.5, 0.6) is 0 Å². The van der Waals surface area contributed by atoms with Crippen molar-refractivity contribution in [1.29, 1.82) is 0 Å². The van der Waals surface area contributed by atoms with Crippen LogP contribution < -0.4 is 16.6 Å². The molecule has 1 saturated carbocycles. The Hall–Kier alpha value is -1.61. The van der Waals surface area contributed by atoms with Crippen LogP contribution >= 0.6 is 0 Å². The molecule has 1 heterocycles. The second-order valence-electron chi connectivity index (χ2n) is 4.17. The summed E-state index contributed by atoms with van der Waals surface area (Å²) in [7, 11) is 0. The van der Waals surface area contributed by atoms with Gasteiger partial charge >= 0.3 is 6.18 Å². The van der Waals surface area contributed by atoms with Crippen molar-refractivity contribution in [2.45, 2.75) is 24.6 Å². The number of hydrogen-bond acceptors (Lipinski definition) is 6. The van der Waals surface area contributed by atoms with E-state index in [1.165, 1.54) is 0 Å². The lowest BCUT2D eigenvalue weighted by Crippen LogP contribution is -2.27. The van der Waals surface area contributed by atoms with Crippen molar-refractivity contribution < 1.29 is 18.3 Å². The van der Waals surface area contributed by atoms with Crippen LogP contribution in [-0.2, 0) is 6.18 Å². The van der Waals surface area contributed by atoms with E-state index in [0.717, 1.165) is 6.07 Å². The number of nitrogens with zero attached hydrogens (tertiary/aromatic N) is 2. The standard InChI is InChI=1S/C9H12F3N5O/c10-9(11,12)5-3-6(15-7(14-5)17-13)16-8(4-18)1-2-8/h3,18H,1-2,4,13H2,(H2,14,15,16,17). The van der Waals surface area contributed by atoms with E-state index in [-0.39, 0.29) is 18.4 Å². The summed E-state index contributed by atoms with van der Waals surface area (Å²) < 4.78 is 37.7. The number of alkyl halides is 3. The van der Waals surface area contributed by atoms with E-state index in [0.29, 0.717) is 12.8 Å². The first kappa shape index (κ1) is 12.8. The molecule has 1 aliphatic rings. The molecule has 0 amide bonds. The summed E-state index contributed by atoms with van der Waals surface area (Å²) in [4.78, 5) is 6.99. The number of nitrogen functional groups attached to an aromatic ring is 1. The smallest absolute Gasteiger partial charge is 0.394 e. The number of aliphatic hydroxyl groups is 1. The number of nitrogens with one attached hydrogen (secondary N) is 2. The van der Waals surface area contributed by atoms with E-state index in [2.05, 4.69) is 15.3 Å². The third kappa shape index (κ3) is 2.62. The monoisotopic (exact) mass is 263 g/mol. The fourth-order valence-corrected chi connectivity index (χ4v) is 1.47. The Balaban J connectivity index is 2.29. The van der Waals surface area contributed by atoms with Gasteiger partial charge in [0.05, 0.1) is 12.1 Å². The topological polar surface area (TPSA) is 96.1 Å². The van der Waals surface area contributed by atoms with Crippen LogP contribution in [-0.4, -0.2) is 27.2 Å². The first-order chi connectivity index (χ1) is 8.38. The van der Waals surface area contributed by atoms with Gasteiger partial charge in [0.15, 0.2) is 5.69 Å². The number of anilines is 2. The Morgan fingerprint density at radius 2 is 2.06 bits per heavy atom. The Kier molecular flexibility index (Phi) is 3.03. The van der Waals surface area contributed by atoms with Crippen LogP contribution in [0.25, 0.3) is 0 Å². The van der Waals surface area contributed by atoms with Gasteiger partial charge in [-0.25, -0.2) is 10.8 Å². The average molecular weight is 263 g/mol. The van der Waals surface area contributed by atoms with Crippen LogP contribution in [0.3, 0.4) is 0 Å². The zero-order chi connectivity index (χ0) is 13.4. The maximum Gasteiger partial charge on any atom is 0.433 e. The first-order valence-electron chi connectivity index (χ1n) is 5.20. The largest absolute Gasteiger partial charge is 0.433 e. The van der Waals surface area contributed by atoms with E-state index in [4.69, 9.17) is 10.9 Å². The number of hydrazine groups is 1. The maximum absolute atomic E-state index is 12.6. The number of hydrogen-bond donors (Lipinski definition) is 4. The van der Waals surface area contributed by atoms with E-state index >= 15 is 0 Å². The normalized spacial score (nSPS) is 17.4. The highest BCUT2D eigenvalue weighted by atomic mass is 19.4. The lowest BCUT2D eigenvalue weighted by Gasteiger charge is -2.16. The summed E-state index contributed by atoms with van der Waals surface area (Å²) in [5.41, 5.74) is 0.317. The molecule has 2 rings (SSSR count). The van der Waals surface area contributed by atoms with Gasteiger partial charge in [-0.1, -0.05) is 0 Å². The van der Waals surface area contributed by atoms with E-state index in [1.54, 1.807) is 0 Å². The Bertz CT molecular complexity index is 446. The van der Waals surface area contributed by atoms with Crippen molar-refractivity contribution >= 4 is 11.8 Å². The molecule has 1 aliphatic carbocycles. The summed E-state index contributed by atoms with van der Waals surface area (Å²) in [5, 5.41) is 11.9. The minimum absolute atomic E-state index is 0.0168. The summed E-state index contributed by atoms with van der Waals surface area (Å²) in [6.45, 7) is -0.163. The molecule has 0 bridgehead atoms. The zero-order valence-corrected chi connectivity index (χ0v) is 9.25. The molecule has 0 aromatic carbocycles. The van der Waals surface area contributed by atoms with Gasteiger partial charge in [0.2, 0.25) is 5.95 Å². The number of aromatic nitrogens is 2. The summed E-state index contributed by atoms with van der Waals surface area (Å²) in [6, 6.07) is 0.788. The summed E-state index contributed by atoms with van der Waals surface area (Å²) in [5.74, 6) is 4.67. The molecule has 1 aromatic heterocycles. The fraction of sp³-hybridized carbons (Fsp3) is 0.556. The molecule has 5 N–H and O–H groups in total. The Morgan fingerprint density at radius 3 is 2.50 bits per heavy atom. The molecule has 100 valence electrons. The van der Waals surface area contributed by atoms with Crippen molar-refractivity contribution in [2.24, 2.45) is 5.84 Å². The highest BCUT2D eigenvalue weighted by Crippen LogP contribution is 2.39. The molecule has 1 fully saturated rings. The van der Waals surface area contributed by atoms with Crippen molar-refractivity contribution in [3.63, 3.8) is 0 Å². The molecule has 0 atom stereocenters. The molecule has 18 heavy (non-hydrogen) atoms. The third-order valence-electron chi connectivity index (χ3n) is 2.70. The quantitative estimate of drug-likeness (QED) is 0.472. The molecule has 0 unspecified atom stereocenters. The molecule has 6 nitrogen and oxygen atoms in total. The van der Waals surface area contributed by atoms with Gasteiger partial charge in [0, 0.05) is 6.07 Å². The molecular formula is C9H12F3N5O. The van der Waals surface area contributed by atoms with Gasteiger partial charge in [-0.05, 0) is 12.8 Å². The van der Waals surface area contributed by atoms with Crippen LogP contribution in [0.15, 0.2) is 6.07 Å². The first-order valence-corrected chi connectivity index (χ1v) is 5.20. The van der Waals surface area contributed by atoms with E-state index in [1.807, 2.05) is 5.43 Å². The minimum atomic E-state index is -4.58. The lowest BCUT2D eigenvalue weighted by atomic mass is 10.3. The molecule has 1 aromatic rings. The van der Waals surface area contributed by atoms with E-state index < -0.39 is 17.4 Å². The third-order valence-corrected chi connectivity index (χ3v) is 2.70. The molecule has 0 radical (unpaired) electrons. The van der Waals surface area contributed by atoms with Crippen LogP contribution in [0.2, 0.25) is 0 Å². The fourth-order valence-electron chi connectivity index (χ4n) is 1.47. The molecule has 9 heteroatoms. The number of halogens is 3. The molecule has 0 aliphatic heterocycles. The van der Waals surface area contributed by atoms with E-state index in [9.17, 15) is 13.2 Å². The van der Waals surface area contributed by atoms with Crippen molar-refractivity contribution in [2.75, 3.05) is 17.3 Å². The maximum atomic E-state index is 12.6. The average Bonchev–Trinajstić information content (AvgIpc) is 3.08. The Labute approximate surface area is 100 Å². The number of nitrogens with two attached hydrogens (primary N) is 1. The van der Waals surface area contributed by atoms with Crippen molar-refractivity contribution in [1.82, 2.24) is 9.97 Å². The predicted octanol–water partition coefficient (Wildman–Crippen LogP) is 0.718. The summed E-state index contributed by atoms with van der Waals surface area (Å²) in [6.07, 6.45) is -3.22. The predicted molar refractivity (Wildman–Crippen MR) is 57.5 cm³/mol. The van der Waals surface area contributed by atoms with Gasteiger partial charge in [-0.15, -0.1) is 0 Å². The second kappa shape index (κ2) is 4.25. The second-order valence-corrected chi connectivity index (χ2v) is 4.17. The highest BCUT2D eigenvalue weighted by Gasteiger charge is 2.43. The van der Waals surface area contributed by atoms with Gasteiger partial charge in [-0.2, -0.15) is 18.2 Å². The van der Waals surface area contributed by atoms with Crippen molar-refractivity contribution in [3.8, 4) is 0 Å². The van der Waals surface area contributed by atoms with Gasteiger partial charge < -0.3 is 10.4 Å². The number of rotatable bonds is 4. The number of aliphatic hydroxyl groups excluding tert-OH is 1. The highest BCUT2D eigenvalue weighted by molar-refractivity contribution is 5.46.